The molecule has 1 aromatic heterocycles. The van der Waals surface area contributed by atoms with E-state index in [0.29, 0.717) is 6.42 Å². The molecule has 0 amide bonds. The molecule has 0 fully saturated rings. The average Bonchev–Trinajstić information content (AvgIpc) is 2.87. The Balaban J connectivity index is 1.91. The smallest absolute Gasteiger partial charge is 0.148 e. The van der Waals surface area contributed by atoms with E-state index >= 15 is 0 Å². The summed E-state index contributed by atoms with van der Waals surface area (Å²) in [4.78, 5) is 0. The molecule has 4 heteroatoms. The number of halogens is 2. The average molecular weight is 351 g/mol. The minimum Gasteiger partial charge on any atom is -0.458 e. The van der Waals surface area contributed by atoms with E-state index in [4.69, 9.17) is 21.8 Å². The van der Waals surface area contributed by atoms with Gasteiger partial charge in [-0.2, -0.15) is 0 Å². The third-order valence-electron chi connectivity index (χ3n) is 3.28. The van der Waals surface area contributed by atoms with Crippen LogP contribution in [0.4, 0.5) is 0 Å². The lowest BCUT2D eigenvalue weighted by Crippen LogP contribution is -2.12. The number of nitrogens with two attached hydrogens (primary N) is 1. The van der Waals surface area contributed by atoms with Crippen LogP contribution in [0.3, 0.4) is 0 Å². The van der Waals surface area contributed by atoms with Crippen LogP contribution >= 0.6 is 27.5 Å². The molecule has 1 unspecified atom stereocenters. The molecule has 2 aromatic carbocycles. The summed E-state index contributed by atoms with van der Waals surface area (Å²) in [6.45, 7) is 0. The fourth-order valence-corrected chi connectivity index (χ4v) is 2.91. The normalized spacial score (nSPS) is 12.8. The number of fused-ring (bicyclic) bond motifs is 1. The Morgan fingerprint density at radius 3 is 2.70 bits per heavy atom. The molecule has 0 saturated heterocycles. The van der Waals surface area contributed by atoms with Crippen molar-refractivity contribution in [3.63, 3.8) is 0 Å². The molecular formula is C16H13BrClNO. The Kier molecular flexibility index (Phi) is 3.83. The summed E-state index contributed by atoms with van der Waals surface area (Å²) >= 11 is 9.65. The summed E-state index contributed by atoms with van der Waals surface area (Å²) in [5.41, 5.74) is 8.10. The van der Waals surface area contributed by atoms with Gasteiger partial charge in [-0.1, -0.05) is 41.9 Å². The van der Waals surface area contributed by atoms with Crippen LogP contribution in [-0.4, -0.2) is 0 Å². The number of rotatable bonds is 3. The Hall–Kier alpha value is -1.29. The zero-order valence-electron chi connectivity index (χ0n) is 10.6. The van der Waals surface area contributed by atoms with Gasteiger partial charge in [-0.15, -0.1) is 0 Å². The zero-order chi connectivity index (χ0) is 14.1. The van der Waals surface area contributed by atoms with Crippen molar-refractivity contribution in [3.05, 3.63) is 69.3 Å². The van der Waals surface area contributed by atoms with E-state index in [2.05, 4.69) is 15.9 Å². The van der Waals surface area contributed by atoms with Crippen molar-refractivity contribution in [2.45, 2.75) is 12.5 Å². The largest absolute Gasteiger partial charge is 0.458 e. The van der Waals surface area contributed by atoms with Crippen LogP contribution in [0.15, 0.2) is 57.4 Å². The summed E-state index contributed by atoms with van der Waals surface area (Å²) in [5, 5.41) is 1.78. The van der Waals surface area contributed by atoms with Gasteiger partial charge in [-0.3, -0.25) is 0 Å². The van der Waals surface area contributed by atoms with Gasteiger partial charge in [0, 0.05) is 10.4 Å². The zero-order valence-corrected chi connectivity index (χ0v) is 13.0. The Morgan fingerprint density at radius 2 is 1.95 bits per heavy atom. The van der Waals surface area contributed by atoms with Gasteiger partial charge >= 0.3 is 0 Å². The molecule has 1 heterocycles. The molecule has 0 aliphatic rings. The van der Waals surface area contributed by atoms with Crippen molar-refractivity contribution < 1.29 is 4.42 Å². The molecule has 0 radical (unpaired) electrons. The topological polar surface area (TPSA) is 39.2 Å². The molecule has 0 spiro atoms. The first-order chi connectivity index (χ1) is 9.65. The van der Waals surface area contributed by atoms with Crippen LogP contribution in [0.5, 0.6) is 0 Å². The minimum absolute atomic E-state index is 0.214. The Morgan fingerprint density at radius 1 is 1.15 bits per heavy atom. The van der Waals surface area contributed by atoms with Crippen molar-refractivity contribution in [2.24, 2.45) is 5.73 Å². The van der Waals surface area contributed by atoms with E-state index in [9.17, 15) is 0 Å². The van der Waals surface area contributed by atoms with Crippen LogP contribution < -0.4 is 5.73 Å². The number of para-hydroxylation sites is 1. The Bertz CT molecular complexity index is 753. The first-order valence-corrected chi connectivity index (χ1v) is 7.49. The fourth-order valence-electron chi connectivity index (χ4n) is 2.23. The second-order valence-electron chi connectivity index (χ2n) is 4.71. The van der Waals surface area contributed by atoms with Crippen LogP contribution in [0.1, 0.15) is 17.4 Å². The third kappa shape index (κ3) is 2.62. The number of hydrogen-bond acceptors (Lipinski definition) is 2. The van der Waals surface area contributed by atoms with Gasteiger partial charge in [0.05, 0.1) is 10.5 Å². The highest BCUT2D eigenvalue weighted by molar-refractivity contribution is 9.10. The van der Waals surface area contributed by atoms with Crippen molar-refractivity contribution in [3.8, 4) is 0 Å². The van der Waals surface area contributed by atoms with Gasteiger partial charge in [0.2, 0.25) is 0 Å². The minimum atomic E-state index is -0.214. The molecule has 102 valence electrons. The maximum absolute atomic E-state index is 6.24. The highest BCUT2D eigenvalue weighted by Crippen LogP contribution is 2.30. The predicted molar refractivity (Wildman–Crippen MR) is 86.0 cm³/mol. The monoisotopic (exact) mass is 349 g/mol. The molecule has 2 nitrogen and oxygen atoms in total. The van der Waals surface area contributed by atoms with Gasteiger partial charge in [-0.05, 0) is 46.1 Å². The number of hydrogen-bond donors (Lipinski definition) is 1. The van der Waals surface area contributed by atoms with E-state index in [-0.39, 0.29) is 6.04 Å². The molecule has 0 saturated carbocycles. The molecule has 2 N–H and O–H groups in total. The maximum Gasteiger partial charge on any atom is 0.148 e. The fraction of sp³-hybridized carbons (Fsp3) is 0.125. The van der Waals surface area contributed by atoms with Crippen molar-refractivity contribution in [1.82, 2.24) is 0 Å². The first kappa shape index (κ1) is 13.7. The lowest BCUT2D eigenvalue weighted by atomic mass is 10.0. The summed E-state index contributed by atoms with van der Waals surface area (Å²) in [6, 6.07) is 15.4. The van der Waals surface area contributed by atoms with E-state index in [1.165, 1.54) is 0 Å². The van der Waals surface area contributed by atoms with E-state index < -0.39 is 0 Å². The molecule has 0 aliphatic carbocycles. The molecular weight excluding hydrogens is 338 g/mol. The molecule has 20 heavy (non-hydrogen) atoms. The summed E-state index contributed by atoms with van der Waals surface area (Å²) in [5.74, 6) is 0.770. The van der Waals surface area contributed by atoms with Crippen molar-refractivity contribution in [1.29, 1.82) is 0 Å². The Labute approximate surface area is 130 Å². The van der Waals surface area contributed by atoms with Crippen LogP contribution in [0.25, 0.3) is 11.0 Å². The van der Waals surface area contributed by atoms with Gasteiger partial charge in [0.1, 0.15) is 11.3 Å². The van der Waals surface area contributed by atoms with E-state index in [1.807, 2.05) is 48.5 Å². The van der Waals surface area contributed by atoms with Crippen LogP contribution in [-0.2, 0) is 6.42 Å². The lowest BCUT2D eigenvalue weighted by Gasteiger charge is -2.09. The number of furan rings is 1. The first-order valence-electron chi connectivity index (χ1n) is 6.32. The second kappa shape index (κ2) is 5.60. The van der Waals surface area contributed by atoms with Gasteiger partial charge < -0.3 is 10.2 Å². The molecule has 1 atom stereocenters. The summed E-state index contributed by atoms with van der Waals surface area (Å²) in [6.07, 6.45) is 0.650. The summed E-state index contributed by atoms with van der Waals surface area (Å²) < 4.78 is 6.79. The second-order valence-corrected chi connectivity index (χ2v) is 5.97. The van der Waals surface area contributed by atoms with Crippen molar-refractivity contribution in [2.75, 3.05) is 0 Å². The molecule has 3 rings (SSSR count). The highest BCUT2D eigenvalue weighted by Gasteiger charge is 2.15. The van der Waals surface area contributed by atoms with E-state index in [0.717, 1.165) is 31.8 Å². The van der Waals surface area contributed by atoms with Gasteiger partial charge in [0.25, 0.3) is 0 Å². The molecule has 3 aromatic rings. The van der Waals surface area contributed by atoms with Gasteiger partial charge in [0.15, 0.2) is 0 Å². The maximum atomic E-state index is 6.24. The molecule has 0 bridgehead atoms. The number of benzene rings is 2. The predicted octanol–water partition coefficient (Wildman–Crippen LogP) is 5.09. The lowest BCUT2D eigenvalue weighted by molar-refractivity contribution is 0.493. The standard InChI is InChI=1S/C16H13BrClNO/c17-12-6-3-5-11-9-15(20-16(11)12)14(19)8-10-4-1-2-7-13(10)18/h1-7,9,14H,8,19H2. The van der Waals surface area contributed by atoms with Crippen LogP contribution in [0, 0.1) is 0 Å². The van der Waals surface area contributed by atoms with Crippen molar-refractivity contribution >= 4 is 38.5 Å². The van der Waals surface area contributed by atoms with Crippen LogP contribution in [0.2, 0.25) is 5.02 Å². The SMILES string of the molecule is NC(Cc1ccccc1Cl)c1cc2cccc(Br)c2o1. The molecule has 0 aliphatic heterocycles. The van der Waals surface area contributed by atoms with Gasteiger partial charge in [-0.25, -0.2) is 0 Å². The highest BCUT2D eigenvalue weighted by atomic mass is 79.9. The van der Waals surface area contributed by atoms with E-state index in [1.54, 1.807) is 0 Å². The third-order valence-corrected chi connectivity index (χ3v) is 4.27. The summed E-state index contributed by atoms with van der Waals surface area (Å²) in [7, 11) is 0. The quantitative estimate of drug-likeness (QED) is 0.714.